The zero-order valence-corrected chi connectivity index (χ0v) is 12.6. The number of hydrogen-bond donors (Lipinski definition) is 1. The maximum absolute atomic E-state index is 12.4. The monoisotopic (exact) mass is 293 g/mol. The molecule has 1 aromatic heterocycles. The summed E-state index contributed by atoms with van der Waals surface area (Å²) in [5, 5.41) is 10.4. The number of rotatable bonds is 3. The van der Waals surface area contributed by atoms with Gasteiger partial charge in [-0.2, -0.15) is 0 Å². The molecule has 2 rings (SSSR count). The van der Waals surface area contributed by atoms with Gasteiger partial charge in [0.2, 0.25) is 0 Å². The summed E-state index contributed by atoms with van der Waals surface area (Å²) in [6.07, 6.45) is 4.65. The topological polar surface area (TPSA) is 57.6 Å². The van der Waals surface area contributed by atoms with Crippen molar-refractivity contribution in [2.45, 2.75) is 26.7 Å². The number of carboxylic acids is 1. The Labute approximate surface area is 122 Å². The predicted molar refractivity (Wildman–Crippen MR) is 79.9 cm³/mol. The maximum atomic E-state index is 12.4. The fourth-order valence-electron chi connectivity index (χ4n) is 2.20. The first kappa shape index (κ1) is 14.8. The van der Waals surface area contributed by atoms with Gasteiger partial charge in [0.25, 0.3) is 5.91 Å². The van der Waals surface area contributed by atoms with E-state index in [-0.39, 0.29) is 5.91 Å². The van der Waals surface area contributed by atoms with Crippen LogP contribution in [0.1, 0.15) is 41.9 Å². The number of carboxylic acid groups (broad SMARTS) is 1. The summed E-state index contributed by atoms with van der Waals surface area (Å²) in [4.78, 5) is 25.5. The normalized spacial score (nSPS) is 18.4. The standard InChI is InChI=1S/C15H19NO3S/c1-15(2)5-7-16(8-6-15)14(19)11-9-12(20-10-11)3-4-13(17)18/h3-4,9-10H,5-8H2,1-2H3,(H,17,18). The van der Waals surface area contributed by atoms with E-state index in [1.54, 1.807) is 11.4 Å². The number of amides is 1. The molecule has 5 heteroatoms. The molecule has 0 unspecified atom stereocenters. The average Bonchev–Trinajstić information content (AvgIpc) is 2.84. The molecule has 0 saturated carbocycles. The third kappa shape index (κ3) is 3.70. The van der Waals surface area contributed by atoms with Gasteiger partial charge >= 0.3 is 5.97 Å². The van der Waals surface area contributed by atoms with Gasteiger partial charge < -0.3 is 10.0 Å². The summed E-state index contributed by atoms with van der Waals surface area (Å²) >= 11 is 1.39. The highest BCUT2D eigenvalue weighted by Crippen LogP contribution is 2.30. The molecule has 1 aliphatic rings. The number of aliphatic carboxylic acids is 1. The van der Waals surface area contributed by atoms with Gasteiger partial charge in [0.15, 0.2) is 0 Å². The molecule has 1 amide bonds. The van der Waals surface area contributed by atoms with Crippen LogP contribution in [0.15, 0.2) is 17.5 Å². The highest BCUT2D eigenvalue weighted by Gasteiger charge is 2.28. The van der Waals surface area contributed by atoms with Crippen molar-refractivity contribution >= 4 is 29.3 Å². The number of carbonyl (C=O) groups excluding carboxylic acids is 1. The molecule has 20 heavy (non-hydrogen) atoms. The summed E-state index contributed by atoms with van der Waals surface area (Å²) < 4.78 is 0. The molecule has 108 valence electrons. The number of piperidine rings is 1. The van der Waals surface area contributed by atoms with E-state index in [2.05, 4.69) is 13.8 Å². The van der Waals surface area contributed by atoms with Crippen LogP contribution in [0.4, 0.5) is 0 Å². The zero-order chi connectivity index (χ0) is 14.8. The van der Waals surface area contributed by atoms with Crippen molar-refractivity contribution in [2.75, 3.05) is 13.1 Å². The Morgan fingerprint density at radius 3 is 2.60 bits per heavy atom. The molecule has 1 N–H and O–H groups in total. The van der Waals surface area contributed by atoms with Gasteiger partial charge in [-0.25, -0.2) is 4.79 Å². The smallest absolute Gasteiger partial charge is 0.328 e. The highest BCUT2D eigenvalue weighted by molar-refractivity contribution is 7.11. The number of likely N-dealkylation sites (tertiary alicyclic amines) is 1. The number of thiophene rings is 1. The summed E-state index contributed by atoms with van der Waals surface area (Å²) in [5.41, 5.74) is 0.973. The lowest BCUT2D eigenvalue weighted by Crippen LogP contribution is -2.41. The van der Waals surface area contributed by atoms with Gasteiger partial charge in [-0.05, 0) is 30.4 Å². The van der Waals surface area contributed by atoms with Gasteiger partial charge in [-0.1, -0.05) is 13.8 Å². The number of hydrogen-bond acceptors (Lipinski definition) is 3. The zero-order valence-electron chi connectivity index (χ0n) is 11.8. The van der Waals surface area contributed by atoms with Crippen molar-refractivity contribution < 1.29 is 14.7 Å². The first-order valence-corrected chi connectivity index (χ1v) is 7.54. The Bertz CT molecular complexity index is 535. The minimum atomic E-state index is -0.982. The molecule has 0 atom stereocenters. The van der Waals surface area contributed by atoms with E-state index in [0.717, 1.165) is 36.9 Å². The van der Waals surface area contributed by atoms with Crippen LogP contribution >= 0.6 is 11.3 Å². The lowest BCUT2D eigenvalue weighted by Gasteiger charge is -2.36. The van der Waals surface area contributed by atoms with Crippen molar-refractivity contribution in [3.05, 3.63) is 28.0 Å². The van der Waals surface area contributed by atoms with Crippen LogP contribution in [0.3, 0.4) is 0 Å². The molecule has 0 bridgehead atoms. The molecule has 0 aromatic carbocycles. The second kappa shape index (κ2) is 5.79. The third-order valence-electron chi connectivity index (χ3n) is 3.66. The van der Waals surface area contributed by atoms with Crippen molar-refractivity contribution in [1.82, 2.24) is 4.90 Å². The van der Waals surface area contributed by atoms with Gasteiger partial charge in [0.05, 0.1) is 5.56 Å². The first-order chi connectivity index (χ1) is 9.37. The fraction of sp³-hybridized carbons (Fsp3) is 0.467. The number of nitrogens with zero attached hydrogens (tertiary/aromatic N) is 1. The predicted octanol–water partition coefficient (Wildman–Crippen LogP) is 3.11. The number of carbonyl (C=O) groups is 2. The van der Waals surface area contributed by atoms with Crippen molar-refractivity contribution in [3.63, 3.8) is 0 Å². The van der Waals surface area contributed by atoms with Crippen molar-refractivity contribution in [2.24, 2.45) is 5.41 Å². The summed E-state index contributed by atoms with van der Waals surface area (Å²) in [6.45, 7) is 6.05. The molecule has 1 aliphatic heterocycles. The van der Waals surface area contributed by atoms with Crippen LogP contribution in [-0.4, -0.2) is 35.0 Å². The summed E-state index contributed by atoms with van der Waals surface area (Å²) in [5.74, 6) is -0.934. The molecule has 0 spiro atoms. The van der Waals surface area contributed by atoms with E-state index in [4.69, 9.17) is 5.11 Å². The lowest BCUT2D eigenvalue weighted by atomic mass is 9.82. The van der Waals surface area contributed by atoms with Gasteiger partial charge in [-0.15, -0.1) is 11.3 Å². The van der Waals surface area contributed by atoms with E-state index < -0.39 is 5.97 Å². The largest absolute Gasteiger partial charge is 0.478 e. The van der Waals surface area contributed by atoms with Crippen LogP contribution in [-0.2, 0) is 4.79 Å². The van der Waals surface area contributed by atoms with Gasteiger partial charge in [0.1, 0.15) is 0 Å². The Morgan fingerprint density at radius 2 is 2.00 bits per heavy atom. The average molecular weight is 293 g/mol. The van der Waals surface area contributed by atoms with Crippen LogP contribution in [0.5, 0.6) is 0 Å². The van der Waals surface area contributed by atoms with Crippen LogP contribution in [0.2, 0.25) is 0 Å². The Kier molecular flexibility index (Phi) is 4.28. The van der Waals surface area contributed by atoms with E-state index in [9.17, 15) is 9.59 Å². The summed E-state index contributed by atoms with van der Waals surface area (Å²) in [7, 11) is 0. The minimum absolute atomic E-state index is 0.0479. The molecule has 1 fully saturated rings. The van der Waals surface area contributed by atoms with Crippen molar-refractivity contribution in [1.29, 1.82) is 0 Å². The molecule has 1 aromatic rings. The SMILES string of the molecule is CC1(C)CCN(C(=O)c2csc(C=CC(=O)O)c2)CC1. The molecule has 0 radical (unpaired) electrons. The Hall–Kier alpha value is -1.62. The fourth-order valence-corrected chi connectivity index (χ4v) is 2.98. The van der Waals surface area contributed by atoms with E-state index in [1.165, 1.54) is 17.4 Å². The second-order valence-corrected chi connectivity index (χ2v) is 6.81. The molecular weight excluding hydrogens is 274 g/mol. The molecule has 4 nitrogen and oxygen atoms in total. The van der Waals surface area contributed by atoms with E-state index in [0.29, 0.717) is 11.0 Å². The van der Waals surface area contributed by atoms with E-state index in [1.807, 2.05) is 4.90 Å². The second-order valence-electron chi connectivity index (χ2n) is 5.87. The highest BCUT2D eigenvalue weighted by atomic mass is 32.1. The maximum Gasteiger partial charge on any atom is 0.328 e. The molecule has 0 aliphatic carbocycles. The summed E-state index contributed by atoms with van der Waals surface area (Å²) in [6, 6.07) is 1.76. The Balaban J connectivity index is 2.01. The van der Waals surface area contributed by atoms with Gasteiger partial charge in [-0.3, -0.25) is 4.79 Å². The van der Waals surface area contributed by atoms with Gasteiger partial charge in [0, 0.05) is 29.4 Å². The molecular formula is C15H19NO3S. The third-order valence-corrected chi connectivity index (χ3v) is 4.56. The quantitative estimate of drug-likeness (QED) is 0.871. The first-order valence-electron chi connectivity index (χ1n) is 6.66. The van der Waals surface area contributed by atoms with E-state index >= 15 is 0 Å². The van der Waals surface area contributed by atoms with Crippen LogP contribution < -0.4 is 0 Å². The molecule has 1 saturated heterocycles. The lowest BCUT2D eigenvalue weighted by molar-refractivity contribution is -0.131. The van der Waals surface area contributed by atoms with Crippen LogP contribution in [0.25, 0.3) is 6.08 Å². The Morgan fingerprint density at radius 1 is 1.35 bits per heavy atom. The van der Waals surface area contributed by atoms with Crippen molar-refractivity contribution in [3.8, 4) is 0 Å². The van der Waals surface area contributed by atoms with Crippen LogP contribution in [0, 0.1) is 5.41 Å². The molecule has 2 heterocycles. The minimum Gasteiger partial charge on any atom is -0.478 e.